The number of aliphatic imine (C=N–C) groups is 1. The predicted molar refractivity (Wildman–Crippen MR) is 125 cm³/mol. The lowest BCUT2D eigenvalue weighted by molar-refractivity contribution is 0.365. The van der Waals surface area contributed by atoms with Crippen LogP contribution in [0.2, 0.25) is 0 Å². The summed E-state index contributed by atoms with van der Waals surface area (Å²) in [5, 5.41) is 8.78. The summed E-state index contributed by atoms with van der Waals surface area (Å²) in [5.74, 6) is 1.52. The molecule has 2 N–H and O–H groups in total. The number of hydrogen-bond acceptors (Lipinski definition) is 4. The first-order valence-corrected chi connectivity index (χ1v) is 11.8. The minimum absolute atomic E-state index is 0. The van der Waals surface area contributed by atoms with Crippen molar-refractivity contribution >= 4 is 51.1 Å². The molecule has 1 aromatic heterocycles. The molecule has 1 aromatic rings. The van der Waals surface area contributed by atoms with Crippen molar-refractivity contribution in [3.63, 3.8) is 0 Å². The Kier molecular flexibility index (Phi) is 12.0. The van der Waals surface area contributed by atoms with Gasteiger partial charge in [0.2, 0.25) is 0 Å². The monoisotopic (exact) mass is 515 g/mol. The van der Waals surface area contributed by atoms with Crippen LogP contribution in [-0.2, 0) is 16.3 Å². The molecule has 0 aliphatic carbocycles. The molecule has 0 saturated heterocycles. The van der Waals surface area contributed by atoms with Gasteiger partial charge >= 0.3 is 0 Å². The van der Waals surface area contributed by atoms with E-state index in [9.17, 15) is 8.42 Å². The molecule has 0 fully saturated rings. The molecule has 0 aliphatic rings. The second-order valence-electron chi connectivity index (χ2n) is 7.51. The van der Waals surface area contributed by atoms with Gasteiger partial charge in [-0.3, -0.25) is 4.99 Å². The molecular formula is C18H34IN3O2S2. The topological polar surface area (TPSA) is 70.6 Å². The predicted octanol–water partition coefficient (Wildman–Crippen LogP) is 3.56. The third kappa shape index (κ3) is 12.1. The van der Waals surface area contributed by atoms with Crippen molar-refractivity contribution in [2.45, 2.75) is 40.5 Å². The summed E-state index contributed by atoms with van der Waals surface area (Å²) in [4.78, 5) is 6.06. The fourth-order valence-electron chi connectivity index (χ4n) is 2.29. The molecule has 1 unspecified atom stereocenters. The Morgan fingerprint density at radius 1 is 1.35 bits per heavy atom. The van der Waals surface area contributed by atoms with Crippen LogP contribution in [0.1, 0.15) is 39.0 Å². The maximum atomic E-state index is 11.4. The number of nitrogens with one attached hydrogen (secondary N) is 2. The smallest absolute Gasteiger partial charge is 0.191 e. The van der Waals surface area contributed by atoms with Gasteiger partial charge in [0, 0.05) is 30.8 Å². The van der Waals surface area contributed by atoms with Gasteiger partial charge in [-0.25, -0.2) is 8.42 Å². The molecule has 0 bridgehead atoms. The van der Waals surface area contributed by atoms with E-state index in [0.717, 1.165) is 25.5 Å². The van der Waals surface area contributed by atoms with Crippen molar-refractivity contribution in [2.75, 3.05) is 31.6 Å². The van der Waals surface area contributed by atoms with E-state index in [2.05, 4.69) is 53.9 Å². The van der Waals surface area contributed by atoms with Gasteiger partial charge in [0.25, 0.3) is 0 Å². The van der Waals surface area contributed by atoms with Crippen LogP contribution in [-0.4, -0.2) is 46.0 Å². The summed E-state index contributed by atoms with van der Waals surface area (Å²) >= 11 is 1.79. The van der Waals surface area contributed by atoms with E-state index in [1.165, 1.54) is 11.1 Å². The number of sulfone groups is 1. The van der Waals surface area contributed by atoms with Crippen molar-refractivity contribution < 1.29 is 8.42 Å². The first-order valence-electron chi connectivity index (χ1n) is 8.83. The Morgan fingerprint density at radius 2 is 2.04 bits per heavy atom. The molecule has 0 amide bonds. The van der Waals surface area contributed by atoms with Gasteiger partial charge in [-0.1, -0.05) is 26.8 Å². The van der Waals surface area contributed by atoms with Gasteiger partial charge in [-0.05, 0) is 42.5 Å². The van der Waals surface area contributed by atoms with Crippen LogP contribution in [0, 0.1) is 11.3 Å². The number of halogens is 1. The molecule has 26 heavy (non-hydrogen) atoms. The molecule has 0 radical (unpaired) electrons. The Morgan fingerprint density at radius 3 is 2.58 bits per heavy atom. The number of hydrogen-bond donors (Lipinski definition) is 2. The van der Waals surface area contributed by atoms with Crippen molar-refractivity contribution in [3.05, 3.63) is 22.4 Å². The van der Waals surface area contributed by atoms with Crippen LogP contribution in [0.15, 0.2) is 22.5 Å². The van der Waals surface area contributed by atoms with E-state index >= 15 is 0 Å². The number of thiophene rings is 1. The highest BCUT2D eigenvalue weighted by atomic mass is 127. The Balaban J connectivity index is 0.00000625. The van der Waals surface area contributed by atoms with Gasteiger partial charge < -0.3 is 10.6 Å². The zero-order valence-electron chi connectivity index (χ0n) is 16.5. The van der Waals surface area contributed by atoms with E-state index in [1.54, 1.807) is 11.3 Å². The second kappa shape index (κ2) is 12.2. The summed E-state index contributed by atoms with van der Waals surface area (Å²) in [6.45, 7) is 10.6. The number of rotatable bonds is 10. The third-order valence-electron chi connectivity index (χ3n) is 3.91. The van der Waals surface area contributed by atoms with Gasteiger partial charge in [0.05, 0.1) is 5.75 Å². The molecule has 1 atom stereocenters. The molecule has 1 heterocycles. The first kappa shape index (κ1) is 25.6. The molecule has 0 saturated carbocycles. The van der Waals surface area contributed by atoms with E-state index in [-0.39, 0.29) is 35.1 Å². The Hall–Kier alpha value is -0.350. The third-order valence-corrected chi connectivity index (χ3v) is 5.75. The zero-order valence-corrected chi connectivity index (χ0v) is 20.5. The summed E-state index contributed by atoms with van der Waals surface area (Å²) in [6.07, 6.45) is 2.96. The first-order chi connectivity index (χ1) is 11.6. The quantitative estimate of drug-likeness (QED) is 0.284. The van der Waals surface area contributed by atoms with Crippen molar-refractivity contribution in [2.24, 2.45) is 16.3 Å². The normalized spacial score (nSPS) is 13.8. The van der Waals surface area contributed by atoms with Crippen LogP contribution in [0.3, 0.4) is 0 Å². The van der Waals surface area contributed by atoms with Crippen LogP contribution in [0.25, 0.3) is 0 Å². The van der Waals surface area contributed by atoms with Crippen molar-refractivity contribution in [1.82, 2.24) is 10.6 Å². The second-order valence-corrected chi connectivity index (χ2v) is 10.8. The maximum absolute atomic E-state index is 11.4. The highest BCUT2D eigenvalue weighted by molar-refractivity contribution is 14.0. The summed E-state index contributed by atoms with van der Waals surface area (Å²) in [6, 6.07) is 4.26. The summed E-state index contributed by atoms with van der Waals surface area (Å²) in [5.41, 5.74) is -0.145. The van der Waals surface area contributed by atoms with Crippen molar-refractivity contribution in [1.29, 1.82) is 0 Å². The maximum Gasteiger partial charge on any atom is 0.191 e. The Labute approximate surface area is 180 Å². The average molecular weight is 516 g/mol. The van der Waals surface area contributed by atoms with E-state index in [1.807, 2.05) is 6.92 Å². The fraction of sp³-hybridized carbons (Fsp3) is 0.722. The zero-order chi connectivity index (χ0) is 18.9. The van der Waals surface area contributed by atoms with Gasteiger partial charge in [0.15, 0.2) is 5.96 Å². The molecule has 0 spiro atoms. The lowest BCUT2D eigenvalue weighted by atomic mass is 9.90. The van der Waals surface area contributed by atoms with Gasteiger partial charge in [-0.2, -0.15) is 0 Å². The van der Waals surface area contributed by atoms with E-state index < -0.39 is 9.84 Å². The minimum atomic E-state index is -2.93. The fourth-order valence-corrected chi connectivity index (χ4v) is 4.08. The molecule has 5 nitrogen and oxygen atoms in total. The Bertz CT molecular complexity index is 629. The summed E-state index contributed by atoms with van der Waals surface area (Å²) < 4.78 is 22.7. The molecule has 0 aliphatic heterocycles. The summed E-state index contributed by atoms with van der Waals surface area (Å²) in [7, 11) is -2.93. The number of guanidine groups is 1. The van der Waals surface area contributed by atoms with Crippen molar-refractivity contribution in [3.8, 4) is 0 Å². The van der Waals surface area contributed by atoms with Crippen LogP contribution in [0.5, 0.6) is 0 Å². The highest BCUT2D eigenvalue weighted by Crippen LogP contribution is 2.21. The molecule has 8 heteroatoms. The van der Waals surface area contributed by atoms with Crippen LogP contribution in [0.4, 0.5) is 0 Å². The van der Waals surface area contributed by atoms with Crippen LogP contribution >= 0.6 is 35.3 Å². The highest BCUT2D eigenvalue weighted by Gasteiger charge is 2.20. The van der Waals surface area contributed by atoms with Gasteiger partial charge in [0.1, 0.15) is 9.84 Å². The van der Waals surface area contributed by atoms with Gasteiger partial charge in [-0.15, -0.1) is 35.3 Å². The lowest BCUT2D eigenvalue weighted by Gasteiger charge is -2.23. The lowest BCUT2D eigenvalue weighted by Crippen LogP contribution is -2.40. The SMILES string of the molecule is CCNC(=NCC(C)(C)CCS(C)(=O)=O)NCC(C)Cc1cccs1.I. The van der Waals surface area contributed by atoms with Crippen LogP contribution < -0.4 is 10.6 Å². The average Bonchev–Trinajstić information content (AvgIpc) is 3.00. The standard InChI is InChI=1S/C18H33N3O2S2.HI/c1-6-19-17(20-13-15(2)12-16-8-7-10-24-16)21-14-18(3,4)9-11-25(5,22)23;/h7-8,10,15H,6,9,11-14H2,1-5H3,(H2,19,20,21);1H. The van der Waals surface area contributed by atoms with E-state index in [4.69, 9.17) is 0 Å². The largest absolute Gasteiger partial charge is 0.357 e. The minimum Gasteiger partial charge on any atom is -0.357 e. The molecular weight excluding hydrogens is 481 g/mol. The number of nitrogens with zero attached hydrogens (tertiary/aromatic N) is 1. The molecule has 1 rings (SSSR count). The molecule has 152 valence electrons. The van der Waals surface area contributed by atoms with E-state index in [0.29, 0.717) is 18.9 Å². The molecule has 0 aromatic carbocycles.